The van der Waals surface area contributed by atoms with E-state index in [4.69, 9.17) is 14.2 Å². The van der Waals surface area contributed by atoms with Crippen molar-refractivity contribution in [2.24, 2.45) is 11.8 Å². The Bertz CT molecular complexity index is 487. The average Bonchev–Trinajstić information content (AvgIpc) is 2.59. The Balaban J connectivity index is 1.61. The van der Waals surface area contributed by atoms with Gasteiger partial charge in [-0.1, -0.05) is 6.92 Å². The van der Waals surface area contributed by atoms with E-state index in [2.05, 4.69) is 0 Å². The van der Waals surface area contributed by atoms with Crippen LogP contribution >= 0.6 is 0 Å². The van der Waals surface area contributed by atoms with Crippen LogP contribution in [0, 0.1) is 11.8 Å². The predicted octanol–water partition coefficient (Wildman–Crippen LogP) is 1.75. The molecule has 0 aromatic carbocycles. The van der Waals surface area contributed by atoms with Gasteiger partial charge in [0.2, 0.25) is 0 Å². The van der Waals surface area contributed by atoms with E-state index in [1.165, 1.54) is 0 Å². The second kappa shape index (κ2) is 5.89. The monoisotopic (exact) mass is 310 g/mol. The van der Waals surface area contributed by atoms with E-state index < -0.39 is 11.6 Å². The fourth-order valence-electron chi connectivity index (χ4n) is 4.19. The molecule has 2 saturated heterocycles. The van der Waals surface area contributed by atoms with Gasteiger partial charge in [-0.2, -0.15) is 0 Å². The first-order valence-corrected chi connectivity index (χ1v) is 8.07. The van der Waals surface area contributed by atoms with Gasteiger partial charge in [0.15, 0.2) is 6.61 Å². The molecule has 4 fully saturated rings. The molecule has 4 bridgehead atoms. The summed E-state index contributed by atoms with van der Waals surface area (Å²) in [4.78, 5) is 35.3. The summed E-state index contributed by atoms with van der Waals surface area (Å²) in [5, 5.41) is 0. The number of ether oxygens (including phenoxy) is 3. The zero-order chi connectivity index (χ0) is 15.7. The van der Waals surface area contributed by atoms with Crippen LogP contribution in [-0.4, -0.2) is 36.2 Å². The fraction of sp³-hybridized carbons (Fsp3) is 0.812. The molecule has 4 aliphatic rings. The Hall–Kier alpha value is -1.59. The van der Waals surface area contributed by atoms with Gasteiger partial charge in [-0.05, 0) is 31.6 Å². The molecule has 22 heavy (non-hydrogen) atoms. The number of hydrogen-bond acceptors (Lipinski definition) is 6. The van der Waals surface area contributed by atoms with E-state index in [-0.39, 0.29) is 30.6 Å². The summed E-state index contributed by atoms with van der Waals surface area (Å²) in [5.74, 6) is -0.861. The Kier molecular flexibility index (Phi) is 4.10. The van der Waals surface area contributed by atoms with Crippen LogP contribution < -0.4 is 0 Å². The zero-order valence-corrected chi connectivity index (χ0v) is 12.8. The molecule has 0 spiro atoms. The largest absolute Gasteiger partial charge is 0.462 e. The van der Waals surface area contributed by atoms with Crippen molar-refractivity contribution < 1.29 is 28.6 Å². The van der Waals surface area contributed by atoms with Gasteiger partial charge in [0.05, 0.1) is 5.92 Å². The zero-order valence-electron chi connectivity index (χ0n) is 12.8. The molecule has 6 heteroatoms. The van der Waals surface area contributed by atoms with Crippen molar-refractivity contribution in [2.45, 2.75) is 63.6 Å². The van der Waals surface area contributed by atoms with E-state index in [9.17, 15) is 14.4 Å². The summed E-state index contributed by atoms with van der Waals surface area (Å²) < 4.78 is 16.0. The van der Waals surface area contributed by atoms with Crippen LogP contribution in [0.15, 0.2) is 0 Å². The lowest BCUT2D eigenvalue weighted by Crippen LogP contribution is -2.48. The number of carbonyl (C=O) groups excluding carboxylic acids is 3. The van der Waals surface area contributed by atoms with Crippen molar-refractivity contribution in [3.63, 3.8) is 0 Å². The van der Waals surface area contributed by atoms with Crippen molar-refractivity contribution in [2.75, 3.05) is 6.61 Å². The van der Waals surface area contributed by atoms with Gasteiger partial charge in [-0.25, -0.2) is 4.79 Å². The lowest BCUT2D eigenvalue weighted by molar-refractivity contribution is -0.181. The fourth-order valence-corrected chi connectivity index (χ4v) is 4.19. The normalized spacial score (nSPS) is 35.7. The maximum absolute atomic E-state index is 12.0. The maximum Gasteiger partial charge on any atom is 0.344 e. The minimum Gasteiger partial charge on any atom is -0.462 e. The highest BCUT2D eigenvalue weighted by Gasteiger charge is 2.54. The number of hydrogen-bond donors (Lipinski definition) is 0. The molecular weight excluding hydrogens is 288 g/mol. The lowest BCUT2D eigenvalue weighted by Gasteiger charge is -2.45. The summed E-state index contributed by atoms with van der Waals surface area (Å²) in [6.45, 7) is 1.52. The van der Waals surface area contributed by atoms with Crippen LogP contribution in [0.1, 0.15) is 51.9 Å². The van der Waals surface area contributed by atoms with Crippen LogP contribution in [0.3, 0.4) is 0 Å². The molecule has 4 atom stereocenters. The van der Waals surface area contributed by atoms with E-state index >= 15 is 0 Å². The highest BCUT2D eigenvalue weighted by molar-refractivity contribution is 5.77. The number of fused-ring (bicyclic) bond motifs is 1. The number of rotatable bonds is 5. The highest BCUT2D eigenvalue weighted by atomic mass is 16.6. The smallest absolute Gasteiger partial charge is 0.344 e. The molecule has 0 aromatic heterocycles. The van der Waals surface area contributed by atoms with Gasteiger partial charge in [0.1, 0.15) is 11.7 Å². The van der Waals surface area contributed by atoms with Crippen LogP contribution in [-0.2, 0) is 28.6 Å². The topological polar surface area (TPSA) is 78.9 Å². The second-order valence-electron chi connectivity index (χ2n) is 6.77. The van der Waals surface area contributed by atoms with Crippen molar-refractivity contribution in [3.8, 4) is 0 Å². The lowest BCUT2D eigenvalue weighted by atomic mass is 9.65. The van der Waals surface area contributed by atoms with E-state index in [0.29, 0.717) is 31.6 Å². The van der Waals surface area contributed by atoms with Gasteiger partial charge in [0, 0.05) is 19.3 Å². The molecule has 0 N–H and O–H groups in total. The molecule has 4 rings (SSSR count). The van der Waals surface area contributed by atoms with Crippen LogP contribution in [0.2, 0.25) is 0 Å². The first-order chi connectivity index (χ1) is 10.5. The maximum atomic E-state index is 12.0. The Morgan fingerprint density at radius 2 is 2.05 bits per heavy atom. The Morgan fingerprint density at radius 3 is 2.82 bits per heavy atom. The minimum atomic E-state index is -0.614. The molecule has 6 nitrogen and oxygen atoms in total. The summed E-state index contributed by atoms with van der Waals surface area (Å²) >= 11 is 0. The van der Waals surface area contributed by atoms with Gasteiger partial charge < -0.3 is 14.2 Å². The SMILES string of the molecule is CCCC(=O)OCC(=O)OC12CC3CC(C1)OC(=O)C(C3)C2. The van der Waals surface area contributed by atoms with Crippen molar-refractivity contribution in [1.29, 1.82) is 0 Å². The summed E-state index contributed by atoms with van der Waals surface area (Å²) in [6.07, 6.45) is 4.43. The Labute approximate surface area is 129 Å². The van der Waals surface area contributed by atoms with E-state index in [0.717, 1.165) is 19.3 Å². The van der Waals surface area contributed by atoms with Crippen LogP contribution in [0.4, 0.5) is 0 Å². The molecule has 2 saturated carbocycles. The van der Waals surface area contributed by atoms with Crippen molar-refractivity contribution >= 4 is 17.9 Å². The summed E-state index contributed by atoms with van der Waals surface area (Å²) in [6, 6.07) is 0. The summed E-state index contributed by atoms with van der Waals surface area (Å²) in [5.41, 5.74) is -0.614. The van der Waals surface area contributed by atoms with E-state index in [1.807, 2.05) is 6.92 Å². The van der Waals surface area contributed by atoms with Crippen molar-refractivity contribution in [3.05, 3.63) is 0 Å². The molecule has 0 amide bonds. The van der Waals surface area contributed by atoms with Crippen molar-refractivity contribution in [1.82, 2.24) is 0 Å². The molecule has 2 heterocycles. The third kappa shape index (κ3) is 3.10. The highest BCUT2D eigenvalue weighted by Crippen LogP contribution is 2.51. The molecule has 2 aliphatic heterocycles. The first-order valence-electron chi connectivity index (χ1n) is 8.07. The Morgan fingerprint density at radius 1 is 1.23 bits per heavy atom. The van der Waals surface area contributed by atoms with Crippen LogP contribution in [0.25, 0.3) is 0 Å². The molecule has 0 aromatic rings. The summed E-state index contributed by atoms with van der Waals surface area (Å²) in [7, 11) is 0. The molecule has 0 radical (unpaired) electrons. The second-order valence-corrected chi connectivity index (χ2v) is 6.77. The van der Waals surface area contributed by atoms with Gasteiger partial charge in [-0.15, -0.1) is 0 Å². The quantitative estimate of drug-likeness (QED) is 0.568. The van der Waals surface area contributed by atoms with E-state index in [1.54, 1.807) is 0 Å². The van der Waals surface area contributed by atoms with Gasteiger partial charge in [0.25, 0.3) is 0 Å². The first kappa shape index (κ1) is 15.3. The average molecular weight is 310 g/mol. The molecule has 2 aliphatic carbocycles. The molecule has 122 valence electrons. The van der Waals surface area contributed by atoms with Crippen LogP contribution in [0.5, 0.6) is 0 Å². The number of esters is 3. The third-order valence-corrected chi connectivity index (χ3v) is 4.84. The third-order valence-electron chi connectivity index (χ3n) is 4.84. The number of carbonyl (C=O) groups is 3. The standard InChI is InChI=1S/C16H22O6/c1-2-3-13(17)20-9-14(18)22-16-6-10-4-11(7-16)15(19)21-12(5-10)8-16/h10-12H,2-9H2,1H3. The van der Waals surface area contributed by atoms with Gasteiger partial charge in [-0.3, -0.25) is 9.59 Å². The minimum absolute atomic E-state index is 0.144. The molecule has 4 unspecified atom stereocenters. The van der Waals surface area contributed by atoms with Gasteiger partial charge >= 0.3 is 17.9 Å². The molecular formula is C16H22O6. The predicted molar refractivity (Wildman–Crippen MR) is 74.6 cm³/mol.